The molecule has 1 amide bonds. The summed E-state index contributed by atoms with van der Waals surface area (Å²) in [5, 5.41) is 16.9. The quantitative estimate of drug-likeness (QED) is 0.894. The van der Waals surface area contributed by atoms with E-state index in [9.17, 15) is 9.90 Å². The highest BCUT2D eigenvalue weighted by atomic mass is 16.3. The zero-order valence-electron chi connectivity index (χ0n) is 12.8. The van der Waals surface area contributed by atoms with Crippen LogP contribution < -0.4 is 5.32 Å². The topological polar surface area (TPSA) is 80.0 Å². The van der Waals surface area contributed by atoms with Gasteiger partial charge >= 0.3 is 0 Å². The number of rotatable bonds is 4. The van der Waals surface area contributed by atoms with Gasteiger partial charge in [-0.15, -0.1) is 0 Å². The van der Waals surface area contributed by atoms with Crippen LogP contribution in [0.15, 0.2) is 36.8 Å². The number of aliphatic hydroxyl groups excluding tert-OH is 1. The van der Waals surface area contributed by atoms with E-state index in [0.29, 0.717) is 17.5 Å². The van der Waals surface area contributed by atoms with Crippen LogP contribution in [0.5, 0.6) is 0 Å². The van der Waals surface area contributed by atoms with Gasteiger partial charge in [-0.1, -0.05) is 0 Å². The molecule has 120 valence electrons. The fourth-order valence-corrected chi connectivity index (χ4v) is 4.23. The van der Waals surface area contributed by atoms with Gasteiger partial charge in [0.2, 0.25) is 0 Å². The maximum atomic E-state index is 12.6. The van der Waals surface area contributed by atoms with Crippen molar-refractivity contribution in [1.82, 2.24) is 20.1 Å². The van der Waals surface area contributed by atoms with Gasteiger partial charge in [0.1, 0.15) is 5.69 Å². The number of nitrogens with zero attached hydrogens (tertiary/aromatic N) is 3. The Hall–Kier alpha value is -2.21. The first-order valence-electron chi connectivity index (χ1n) is 8.14. The molecule has 4 atom stereocenters. The summed E-state index contributed by atoms with van der Waals surface area (Å²) in [5.41, 5.74) is 1.19. The third-order valence-corrected chi connectivity index (χ3v) is 5.34. The molecule has 2 aromatic rings. The summed E-state index contributed by atoms with van der Waals surface area (Å²) < 4.78 is 1.70. The van der Waals surface area contributed by atoms with Crippen LogP contribution in [-0.4, -0.2) is 38.4 Å². The van der Waals surface area contributed by atoms with Crippen LogP contribution in [0.1, 0.15) is 29.8 Å². The Kier molecular flexibility index (Phi) is 3.61. The van der Waals surface area contributed by atoms with E-state index in [4.69, 9.17) is 0 Å². The number of fused-ring (bicyclic) bond motifs is 2. The number of aliphatic hydroxyl groups is 1. The maximum absolute atomic E-state index is 12.6. The minimum atomic E-state index is -0.171. The number of aromatic nitrogens is 3. The number of pyridine rings is 1. The number of amides is 1. The van der Waals surface area contributed by atoms with Gasteiger partial charge in [0.25, 0.3) is 5.91 Å². The first-order chi connectivity index (χ1) is 11.3. The molecule has 0 saturated heterocycles. The molecule has 2 aromatic heterocycles. The molecule has 4 unspecified atom stereocenters. The van der Waals surface area contributed by atoms with E-state index in [2.05, 4.69) is 15.4 Å². The van der Waals surface area contributed by atoms with E-state index >= 15 is 0 Å². The van der Waals surface area contributed by atoms with Crippen molar-refractivity contribution < 1.29 is 9.90 Å². The molecule has 6 nitrogen and oxygen atoms in total. The van der Waals surface area contributed by atoms with Crippen molar-refractivity contribution in [2.75, 3.05) is 6.61 Å². The highest BCUT2D eigenvalue weighted by Gasteiger charge is 2.47. The molecule has 0 aliphatic heterocycles. The molecule has 0 radical (unpaired) electrons. The van der Waals surface area contributed by atoms with Gasteiger partial charge in [0.15, 0.2) is 0 Å². The molecule has 0 aromatic carbocycles. The van der Waals surface area contributed by atoms with Crippen LogP contribution in [0, 0.1) is 17.8 Å². The second kappa shape index (κ2) is 5.77. The van der Waals surface area contributed by atoms with E-state index < -0.39 is 0 Å². The minimum absolute atomic E-state index is 0.0707. The maximum Gasteiger partial charge on any atom is 0.270 e. The predicted molar refractivity (Wildman–Crippen MR) is 84.0 cm³/mol. The Morgan fingerprint density at radius 1 is 1.35 bits per heavy atom. The molecule has 4 rings (SSSR count). The molecular weight excluding hydrogens is 292 g/mol. The molecule has 2 aliphatic carbocycles. The van der Waals surface area contributed by atoms with Crippen LogP contribution in [0.3, 0.4) is 0 Å². The van der Waals surface area contributed by atoms with E-state index in [1.165, 1.54) is 6.42 Å². The third-order valence-electron chi connectivity index (χ3n) is 5.34. The van der Waals surface area contributed by atoms with Gasteiger partial charge in [-0.05, 0) is 49.3 Å². The fraction of sp³-hybridized carbons (Fsp3) is 0.471. The lowest BCUT2D eigenvalue weighted by Crippen LogP contribution is -2.45. The molecule has 2 N–H and O–H groups in total. The van der Waals surface area contributed by atoms with Crippen molar-refractivity contribution in [3.05, 3.63) is 42.5 Å². The summed E-state index contributed by atoms with van der Waals surface area (Å²) in [7, 11) is 0. The predicted octanol–water partition coefficient (Wildman–Crippen LogP) is 1.40. The second-order valence-corrected chi connectivity index (χ2v) is 6.53. The van der Waals surface area contributed by atoms with E-state index in [1.54, 1.807) is 23.1 Å². The molecule has 2 fully saturated rings. The number of hydrogen-bond acceptors (Lipinski definition) is 4. The Bertz CT molecular complexity index is 700. The minimum Gasteiger partial charge on any atom is -0.396 e. The summed E-state index contributed by atoms with van der Waals surface area (Å²) in [5.74, 6) is 1.07. The number of carbonyl (C=O) groups is 1. The van der Waals surface area contributed by atoms with Crippen LogP contribution >= 0.6 is 0 Å². The molecule has 2 aliphatic rings. The summed E-state index contributed by atoms with van der Waals surface area (Å²) in [6, 6.07) is 5.46. The van der Waals surface area contributed by atoms with Crippen molar-refractivity contribution in [1.29, 1.82) is 0 Å². The van der Waals surface area contributed by atoms with Gasteiger partial charge in [-0.2, -0.15) is 5.10 Å². The second-order valence-electron chi connectivity index (χ2n) is 6.53. The molecule has 0 spiro atoms. The summed E-state index contributed by atoms with van der Waals surface area (Å²) in [6.07, 6.45) is 8.59. The first-order valence-corrected chi connectivity index (χ1v) is 8.14. The number of hydrogen-bond donors (Lipinski definition) is 2. The largest absolute Gasteiger partial charge is 0.396 e. The number of carbonyl (C=O) groups excluding carboxylic acids is 1. The van der Waals surface area contributed by atoms with Crippen molar-refractivity contribution in [2.45, 2.75) is 25.3 Å². The highest BCUT2D eigenvalue weighted by Crippen LogP contribution is 2.48. The van der Waals surface area contributed by atoms with Gasteiger partial charge in [0, 0.05) is 37.2 Å². The highest BCUT2D eigenvalue weighted by molar-refractivity contribution is 5.93. The number of nitrogens with one attached hydrogen (secondary N) is 1. The summed E-state index contributed by atoms with van der Waals surface area (Å²) >= 11 is 0. The Morgan fingerprint density at radius 3 is 3.00 bits per heavy atom. The van der Waals surface area contributed by atoms with Crippen molar-refractivity contribution in [2.24, 2.45) is 17.8 Å². The smallest absolute Gasteiger partial charge is 0.270 e. The average Bonchev–Trinajstić information content (AvgIpc) is 3.32. The normalized spacial score (nSPS) is 28.9. The SMILES string of the molecule is O=C(NC1C2CCC(C2)C1CO)c1cc(-n2cccn2)ccn1. The zero-order valence-corrected chi connectivity index (χ0v) is 12.8. The summed E-state index contributed by atoms with van der Waals surface area (Å²) in [6.45, 7) is 0.146. The monoisotopic (exact) mass is 312 g/mol. The van der Waals surface area contributed by atoms with Crippen molar-refractivity contribution in [3.8, 4) is 5.69 Å². The Balaban J connectivity index is 1.52. The first kappa shape index (κ1) is 14.4. The van der Waals surface area contributed by atoms with Crippen LogP contribution in [0.25, 0.3) is 5.69 Å². The van der Waals surface area contributed by atoms with Gasteiger partial charge in [-0.25, -0.2) is 4.68 Å². The van der Waals surface area contributed by atoms with Crippen LogP contribution in [0.2, 0.25) is 0 Å². The lowest BCUT2D eigenvalue weighted by molar-refractivity contribution is 0.0856. The van der Waals surface area contributed by atoms with E-state index in [-0.39, 0.29) is 24.5 Å². The molecule has 6 heteroatoms. The molecule has 23 heavy (non-hydrogen) atoms. The zero-order chi connectivity index (χ0) is 15.8. The fourth-order valence-electron chi connectivity index (χ4n) is 4.23. The molecule has 2 heterocycles. The van der Waals surface area contributed by atoms with Gasteiger partial charge in [0.05, 0.1) is 5.69 Å². The molecule has 2 saturated carbocycles. The van der Waals surface area contributed by atoms with E-state index in [1.807, 2.05) is 18.3 Å². The lowest BCUT2D eigenvalue weighted by Gasteiger charge is -2.30. The van der Waals surface area contributed by atoms with Crippen molar-refractivity contribution in [3.63, 3.8) is 0 Å². The standard InChI is InChI=1S/C17H20N4O2/c22-10-14-11-2-3-12(8-11)16(14)20-17(23)15-9-13(4-6-18-15)21-7-1-5-19-21/h1,4-7,9,11-12,14,16,22H,2-3,8,10H2,(H,20,23). The van der Waals surface area contributed by atoms with Crippen molar-refractivity contribution >= 4 is 5.91 Å². The Labute approximate surface area is 134 Å². The molecular formula is C17H20N4O2. The Morgan fingerprint density at radius 2 is 2.22 bits per heavy atom. The van der Waals surface area contributed by atoms with Gasteiger partial charge < -0.3 is 10.4 Å². The van der Waals surface area contributed by atoms with Crippen LogP contribution in [-0.2, 0) is 0 Å². The van der Waals surface area contributed by atoms with E-state index in [0.717, 1.165) is 18.5 Å². The van der Waals surface area contributed by atoms with Crippen LogP contribution in [0.4, 0.5) is 0 Å². The molecule has 2 bridgehead atoms. The third kappa shape index (κ3) is 2.53. The van der Waals surface area contributed by atoms with Gasteiger partial charge in [-0.3, -0.25) is 9.78 Å². The average molecular weight is 312 g/mol. The lowest BCUT2D eigenvalue weighted by atomic mass is 9.85. The summed E-state index contributed by atoms with van der Waals surface area (Å²) in [4.78, 5) is 16.8.